The van der Waals surface area contributed by atoms with E-state index in [2.05, 4.69) is 15.3 Å². The molecule has 0 radical (unpaired) electrons. The van der Waals surface area contributed by atoms with E-state index in [-0.39, 0.29) is 19.1 Å². The zero-order valence-electron chi connectivity index (χ0n) is 9.96. The number of rotatable bonds is 3. The zero-order chi connectivity index (χ0) is 13.1. The van der Waals surface area contributed by atoms with Gasteiger partial charge in [-0.05, 0) is 13.0 Å². The number of carboxylic acids is 1. The summed E-state index contributed by atoms with van der Waals surface area (Å²) in [6.07, 6.45) is 1.63. The molecule has 18 heavy (non-hydrogen) atoms. The summed E-state index contributed by atoms with van der Waals surface area (Å²) in [4.78, 5) is 31.8. The van der Waals surface area contributed by atoms with E-state index in [0.29, 0.717) is 12.4 Å². The number of hydrogen-bond donors (Lipinski definition) is 2. The van der Waals surface area contributed by atoms with Crippen LogP contribution in [0.15, 0.2) is 12.3 Å². The molecule has 1 aliphatic heterocycles. The average molecular weight is 250 g/mol. The Morgan fingerprint density at radius 2 is 2.28 bits per heavy atom. The van der Waals surface area contributed by atoms with E-state index in [1.807, 2.05) is 0 Å². The molecular weight excluding hydrogens is 236 g/mol. The predicted molar refractivity (Wildman–Crippen MR) is 61.7 cm³/mol. The van der Waals surface area contributed by atoms with Crippen LogP contribution in [-0.2, 0) is 11.3 Å². The first-order valence-electron chi connectivity index (χ1n) is 5.60. The van der Waals surface area contributed by atoms with Crippen molar-refractivity contribution in [2.45, 2.75) is 13.5 Å². The highest BCUT2D eigenvalue weighted by Gasteiger charge is 2.35. The Bertz CT molecular complexity index is 471. The summed E-state index contributed by atoms with van der Waals surface area (Å²) in [6.45, 7) is 2.63. The van der Waals surface area contributed by atoms with Crippen molar-refractivity contribution in [1.29, 1.82) is 0 Å². The first-order valence-corrected chi connectivity index (χ1v) is 5.60. The van der Waals surface area contributed by atoms with E-state index < -0.39 is 11.9 Å². The standard InChI is InChI=1S/C11H14N4O3/c1-7-12-3-2-9(14-7)4-13-11(18)15-5-8(6-15)10(16)17/h2-3,8H,4-6H2,1H3,(H,13,18)(H,16,17). The van der Waals surface area contributed by atoms with Gasteiger partial charge in [0.2, 0.25) is 0 Å². The highest BCUT2D eigenvalue weighted by atomic mass is 16.4. The lowest BCUT2D eigenvalue weighted by molar-refractivity contribution is -0.146. The molecule has 2 heterocycles. The van der Waals surface area contributed by atoms with Crippen molar-refractivity contribution in [3.05, 3.63) is 23.8 Å². The molecular formula is C11H14N4O3. The molecule has 2 N–H and O–H groups in total. The molecule has 0 aliphatic carbocycles. The molecule has 1 aromatic rings. The molecule has 7 heteroatoms. The first-order chi connectivity index (χ1) is 8.56. The minimum atomic E-state index is -0.856. The Morgan fingerprint density at radius 1 is 1.56 bits per heavy atom. The van der Waals surface area contributed by atoms with Crippen LogP contribution in [0.1, 0.15) is 11.5 Å². The molecule has 1 aromatic heterocycles. The molecule has 2 amide bonds. The molecule has 1 aliphatic rings. The maximum Gasteiger partial charge on any atom is 0.317 e. The van der Waals surface area contributed by atoms with Crippen LogP contribution < -0.4 is 5.32 Å². The molecule has 0 atom stereocenters. The monoisotopic (exact) mass is 250 g/mol. The summed E-state index contributed by atoms with van der Waals surface area (Å²) in [7, 11) is 0. The number of aryl methyl sites for hydroxylation is 1. The number of urea groups is 1. The molecule has 0 bridgehead atoms. The van der Waals surface area contributed by atoms with Crippen LogP contribution in [0.4, 0.5) is 4.79 Å². The highest BCUT2D eigenvalue weighted by molar-refractivity contribution is 5.79. The van der Waals surface area contributed by atoms with E-state index >= 15 is 0 Å². The number of carboxylic acid groups (broad SMARTS) is 1. The van der Waals surface area contributed by atoms with Gasteiger partial charge in [0.1, 0.15) is 5.82 Å². The normalized spacial score (nSPS) is 15.1. The second kappa shape index (κ2) is 4.99. The van der Waals surface area contributed by atoms with Crippen molar-refractivity contribution >= 4 is 12.0 Å². The van der Waals surface area contributed by atoms with E-state index in [4.69, 9.17) is 5.11 Å². The van der Waals surface area contributed by atoms with Gasteiger partial charge in [0.25, 0.3) is 0 Å². The van der Waals surface area contributed by atoms with Crippen molar-refractivity contribution in [2.75, 3.05) is 13.1 Å². The van der Waals surface area contributed by atoms with Gasteiger partial charge in [-0.25, -0.2) is 14.8 Å². The predicted octanol–water partition coefficient (Wildman–Crippen LogP) is 0.0110. The number of hydrogen-bond acceptors (Lipinski definition) is 4. The summed E-state index contributed by atoms with van der Waals surface area (Å²) < 4.78 is 0. The van der Waals surface area contributed by atoms with Crippen LogP contribution in [0.3, 0.4) is 0 Å². The molecule has 1 fully saturated rings. The number of nitrogens with zero attached hydrogens (tertiary/aromatic N) is 3. The van der Waals surface area contributed by atoms with Crippen molar-refractivity contribution in [2.24, 2.45) is 5.92 Å². The number of nitrogens with one attached hydrogen (secondary N) is 1. The lowest BCUT2D eigenvalue weighted by Gasteiger charge is -2.36. The number of carbonyl (C=O) groups is 2. The molecule has 96 valence electrons. The lowest BCUT2D eigenvalue weighted by atomic mass is 10.0. The van der Waals surface area contributed by atoms with E-state index in [9.17, 15) is 9.59 Å². The lowest BCUT2D eigenvalue weighted by Crippen LogP contribution is -2.56. The summed E-state index contributed by atoms with van der Waals surface area (Å²) in [5.74, 6) is -0.640. The molecule has 1 saturated heterocycles. The van der Waals surface area contributed by atoms with Crippen LogP contribution in [-0.4, -0.2) is 45.1 Å². The van der Waals surface area contributed by atoms with Gasteiger partial charge in [-0.3, -0.25) is 4.79 Å². The largest absolute Gasteiger partial charge is 0.481 e. The number of aliphatic carboxylic acids is 1. The fourth-order valence-corrected chi connectivity index (χ4v) is 1.68. The van der Waals surface area contributed by atoms with Crippen molar-refractivity contribution in [1.82, 2.24) is 20.2 Å². The van der Waals surface area contributed by atoms with Crippen molar-refractivity contribution in [3.8, 4) is 0 Å². The first kappa shape index (κ1) is 12.3. The topological polar surface area (TPSA) is 95.4 Å². The van der Waals surface area contributed by atoms with Gasteiger partial charge in [-0.2, -0.15) is 0 Å². The van der Waals surface area contributed by atoms with Crippen LogP contribution in [0.5, 0.6) is 0 Å². The maximum atomic E-state index is 11.6. The summed E-state index contributed by atoms with van der Waals surface area (Å²) in [5, 5.41) is 11.4. The molecule has 7 nitrogen and oxygen atoms in total. The third kappa shape index (κ3) is 2.73. The van der Waals surface area contributed by atoms with E-state index in [1.54, 1.807) is 19.2 Å². The summed E-state index contributed by atoms with van der Waals surface area (Å²) in [6, 6.07) is 1.47. The van der Waals surface area contributed by atoms with Gasteiger partial charge in [-0.15, -0.1) is 0 Å². The summed E-state index contributed by atoms with van der Waals surface area (Å²) >= 11 is 0. The smallest absolute Gasteiger partial charge is 0.317 e. The number of carbonyl (C=O) groups excluding carboxylic acids is 1. The number of amides is 2. The molecule has 0 unspecified atom stereocenters. The molecule has 2 rings (SSSR count). The minimum absolute atomic E-state index is 0.260. The summed E-state index contributed by atoms with van der Waals surface area (Å²) in [5.41, 5.74) is 0.728. The van der Waals surface area contributed by atoms with Crippen LogP contribution in [0, 0.1) is 12.8 Å². The Morgan fingerprint density at radius 3 is 2.89 bits per heavy atom. The van der Waals surface area contributed by atoms with Crippen LogP contribution >= 0.6 is 0 Å². The van der Waals surface area contributed by atoms with Gasteiger partial charge in [0, 0.05) is 19.3 Å². The second-order valence-corrected chi connectivity index (χ2v) is 4.19. The zero-order valence-corrected chi connectivity index (χ0v) is 9.96. The number of likely N-dealkylation sites (tertiary alicyclic amines) is 1. The average Bonchev–Trinajstić information content (AvgIpc) is 2.24. The third-order valence-corrected chi connectivity index (χ3v) is 2.77. The number of aromatic nitrogens is 2. The fourth-order valence-electron chi connectivity index (χ4n) is 1.68. The van der Waals surface area contributed by atoms with Gasteiger partial charge in [-0.1, -0.05) is 0 Å². The maximum absolute atomic E-state index is 11.6. The van der Waals surface area contributed by atoms with Crippen LogP contribution in [0.2, 0.25) is 0 Å². The van der Waals surface area contributed by atoms with Crippen LogP contribution in [0.25, 0.3) is 0 Å². The van der Waals surface area contributed by atoms with E-state index in [1.165, 1.54) is 4.90 Å². The fraction of sp³-hybridized carbons (Fsp3) is 0.455. The van der Waals surface area contributed by atoms with E-state index in [0.717, 1.165) is 5.69 Å². The second-order valence-electron chi connectivity index (χ2n) is 4.19. The van der Waals surface area contributed by atoms with Crippen molar-refractivity contribution < 1.29 is 14.7 Å². The Kier molecular flexibility index (Phi) is 3.40. The molecule has 0 spiro atoms. The quantitative estimate of drug-likeness (QED) is 0.788. The SMILES string of the molecule is Cc1nccc(CNC(=O)N2CC(C(=O)O)C2)n1. The molecule has 0 saturated carbocycles. The van der Waals surface area contributed by atoms with Gasteiger partial charge < -0.3 is 15.3 Å². The van der Waals surface area contributed by atoms with Gasteiger partial charge in [0.05, 0.1) is 18.2 Å². The van der Waals surface area contributed by atoms with Gasteiger partial charge >= 0.3 is 12.0 Å². The molecule has 0 aromatic carbocycles. The highest BCUT2D eigenvalue weighted by Crippen LogP contribution is 2.15. The Hall–Kier alpha value is -2.18. The van der Waals surface area contributed by atoms with Gasteiger partial charge in [0.15, 0.2) is 0 Å². The third-order valence-electron chi connectivity index (χ3n) is 2.77. The van der Waals surface area contributed by atoms with Crippen molar-refractivity contribution in [3.63, 3.8) is 0 Å². The Labute approximate surface area is 104 Å². The minimum Gasteiger partial charge on any atom is -0.481 e. The Balaban J connectivity index is 1.78.